The number of hydrogen-bond donors (Lipinski definition) is 2. The smallest absolute Gasteiger partial charge is 0.385 e. The maximum atomic E-state index is 13.0. The number of nitrogens with zero attached hydrogens (tertiary/aromatic N) is 4. The third-order valence-electron chi connectivity index (χ3n) is 9.66. The first-order valence-electron chi connectivity index (χ1n) is 15.1. The van der Waals surface area contributed by atoms with Gasteiger partial charge in [0.2, 0.25) is 5.91 Å². The molecule has 1 spiro atoms. The number of carbonyl (C=O) groups is 2. The van der Waals surface area contributed by atoms with Crippen LogP contribution in [0.5, 0.6) is 0 Å². The maximum Gasteiger partial charge on any atom is 0.416 e. The number of hydrogen-bond acceptors (Lipinski definition) is 6. The molecule has 11 heteroatoms. The van der Waals surface area contributed by atoms with E-state index in [1.165, 1.54) is 12.1 Å². The Bertz CT molecular complexity index is 1490. The molecule has 0 unspecified atom stereocenters. The number of alkyl halides is 3. The molecule has 3 aliphatic rings. The van der Waals surface area contributed by atoms with Gasteiger partial charge in [0.15, 0.2) is 5.82 Å². The Hall–Kier alpha value is -3.83. The largest absolute Gasteiger partial charge is 0.416 e. The van der Waals surface area contributed by atoms with Crippen LogP contribution >= 0.6 is 0 Å². The van der Waals surface area contributed by atoms with Crippen LogP contribution in [0.3, 0.4) is 0 Å². The molecule has 0 bridgehead atoms. The second kappa shape index (κ2) is 11.9. The van der Waals surface area contributed by atoms with E-state index in [2.05, 4.69) is 20.2 Å². The molecule has 2 aliphatic heterocycles. The summed E-state index contributed by atoms with van der Waals surface area (Å²) in [6, 6.07) is 14.2. The summed E-state index contributed by atoms with van der Waals surface area (Å²) in [5.74, 6) is -0.276. The summed E-state index contributed by atoms with van der Waals surface area (Å²) in [7, 11) is 0. The molecule has 2 amide bonds. The molecule has 8 nitrogen and oxygen atoms in total. The zero-order chi connectivity index (χ0) is 31.0. The van der Waals surface area contributed by atoms with Gasteiger partial charge in [0.05, 0.1) is 17.7 Å². The Balaban J connectivity index is 0.982. The van der Waals surface area contributed by atoms with Crippen LogP contribution in [0.15, 0.2) is 67.0 Å². The van der Waals surface area contributed by atoms with Crippen molar-refractivity contribution in [2.45, 2.75) is 56.3 Å². The molecule has 2 saturated heterocycles. The number of aromatic nitrogens is 2. The molecule has 1 aliphatic carbocycles. The Morgan fingerprint density at radius 2 is 1.64 bits per heavy atom. The van der Waals surface area contributed by atoms with Crippen molar-refractivity contribution < 1.29 is 27.9 Å². The minimum absolute atomic E-state index is 0.00377. The first-order valence-corrected chi connectivity index (χ1v) is 15.1. The Morgan fingerprint density at radius 1 is 0.932 bits per heavy atom. The second-order valence-corrected chi connectivity index (χ2v) is 12.5. The van der Waals surface area contributed by atoms with E-state index >= 15 is 0 Å². The number of aliphatic hydroxyl groups is 1. The molecular formula is C33H36F3N5O3. The van der Waals surface area contributed by atoms with Crippen molar-refractivity contribution in [3.05, 3.63) is 83.7 Å². The predicted octanol–water partition coefficient (Wildman–Crippen LogP) is 4.65. The molecule has 3 heterocycles. The summed E-state index contributed by atoms with van der Waals surface area (Å²) < 4.78 is 39.0. The molecule has 232 valence electrons. The minimum atomic E-state index is -4.55. The minimum Gasteiger partial charge on any atom is -0.385 e. The number of halogens is 3. The standard InChI is InChI=1S/C33H36F3N5O3/c34-33(35,36)26-4-1-3-24(19-26)30(43)39-20-28(42)41-18-14-31(22-41)13-17-40(21-31)27-9-11-32(44,12-10-27)25-7-5-23(6-8-25)29-37-15-2-16-38-29/h1-8,15-16,19,27,44H,9-14,17-18,20-22H2,(H,39,43)/t27?,31-,32?/m1/s1. The van der Waals surface area contributed by atoms with Crippen molar-refractivity contribution in [3.63, 3.8) is 0 Å². The van der Waals surface area contributed by atoms with Crippen molar-refractivity contribution >= 4 is 11.8 Å². The van der Waals surface area contributed by atoms with Gasteiger partial charge in [-0.3, -0.25) is 14.5 Å². The van der Waals surface area contributed by atoms with Gasteiger partial charge in [-0.2, -0.15) is 13.2 Å². The Morgan fingerprint density at radius 3 is 2.34 bits per heavy atom. The average molecular weight is 608 g/mol. The average Bonchev–Trinajstić information content (AvgIpc) is 3.66. The number of carbonyl (C=O) groups excluding carboxylic acids is 2. The highest BCUT2D eigenvalue weighted by Crippen LogP contribution is 2.44. The van der Waals surface area contributed by atoms with Crippen LogP contribution in [0.4, 0.5) is 13.2 Å². The number of nitrogens with one attached hydrogen (secondary N) is 1. The highest BCUT2D eigenvalue weighted by Gasteiger charge is 2.47. The number of likely N-dealkylation sites (tertiary alicyclic amines) is 2. The zero-order valence-corrected chi connectivity index (χ0v) is 24.4. The summed E-state index contributed by atoms with van der Waals surface area (Å²) in [5, 5.41) is 14.0. The molecule has 1 saturated carbocycles. The molecule has 1 atom stereocenters. The van der Waals surface area contributed by atoms with Crippen LogP contribution in [0.25, 0.3) is 11.4 Å². The van der Waals surface area contributed by atoms with Gasteiger partial charge in [0, 0.05) is 54.6 Å². The summed E-state index contributed by atoms with van der Waals surface area (Å²) in [5.41, 5.74) is -0.0626. The van der Waals surface area contributed by atoms with E-state index < -0.39 is 23.2 Å². The fraction of sp³-hybridized carbons (Fsp3) is 0.455. The van der Waals surface area contributed by atoms with Crippen molar-refractivity contribution in [2.24, 2.45) is 5.41 Å². The number of rotatable bonds is 6. The lowest BCUT2D eigenvalue weighted by Crippen LogP contribution is -2.43. The SMILES string of the molecule is O=C(NCC(=O)N1CC[C@@]2(CCN(C3CCC(O)(c4ccc(-c5ncccn5)cc4)CC3)C2)C1)c1cccc(C(F)(F)F)c1. The lowest BCUT2D eigenvalue weighted by atomic mass is 9.77. The van der Waals surface area contributed by atoms with Gasteiger partial charge in [-0.05, 0) is 74.9 Å². The molecule has 2 aromatic carbocycles. The van der Waals surface area contributed by atoms with E-state index in [1.807, 2.05) is 24.3 Å². The van der Waals surface area contributed by atoms with E-state index in [1.54, 1.807) is 23.4 Å². The predicted molar refractivity (Wildman–Crippen MR) is 157 cm³/mol. The Kier molecular flexibility index (Phi) is 8.19. The summed E-state index contributed by atoms with van der Waals surface area (Å²) >= 11 is 0. The van der Waals surface area contributed by atoms with E-state index in [4.69, 9.17) is 0 Å². The summed E-state index contributed by atoms with van der Waals surface area (Å²) in [6.45, 7) is 2.79. The van der Waals surface area contributed by atoms with E-state index in [0.717, 1.165) is 62.0 Å². The van der Waals surface area contributed by atoms with Gasteiger partial charge in [-0.25, -0.2) is 9.97 Å². The third-order valence-corrected chi connectivity index (χ3v) is 9.66. The Labute approximate surface area is 254 Å². The van der Waals surface area contributed by atoms with E-state index in [0.29, 0.717) is 37.8 Å². The van der Waals surface area contributed by atoms with Crippen LogP contribution in [0.1, 0.15) is 60.0 Å². The number of amides is 2. The van der Waals surface area contributed by atoms with E-state index in [-0.39, 0.29) is 23.4 Å². The highest BCUT2D eigenvalue weighted by atomic mass is 19.4. The fourth-order valence-corrected chi connectivity index (χ4v) is 7.08. The monoisotopic (exact) mass is 607 g/mol. The lowest BCUT2D eigenvalue weighted by molar-refractivity contribution is -0.137. The van der Waals surface area contributed by atoms with Gasteiger partial charge in [0.1, 0.15) is 0 Å². The lowest BCUT2D eigenvalue weighted by Gasteiger charge is -2.40. The highest BCUT2D eigenvalue weighted by molar-refractivity contribution is 5.96. The van der Waals surface area contributed by atoms with Gasteiger partial charge in [-0.15, -0.1) is 0 Å². The molecule has 3 fully saturated rings. The van der Waals surface area contributed by atoms with Gasteiger partial charge >= 0.3 is 6.18 Å². The van der Waals surface area contributed by atoms with Crippen molar-refractivity contribution in [2.75, 3.05) is 32.7 Å². The van der Waals surface area contributed by atoms with Crippen LogP contribution in [0, 0.1) is 5.41 Å². The van der Waals surface area contributed by atoms with Gasteiger partial charge < -0.3 is 15.3 Å². The van der Waals surface area contributed by atoms with Gasteiger partial charge in [0.25, 0.3) is 5.91 Å². The fourth-order valence-electron chi connectivity index (χ4n) is 7.08. The topological polar surface area (TPSA) is 98.7 Å². The third kappa shape index (κ3) is 6.34. The van der Waals surface area contributed by atoms with Crippen LogP contribution in [-0.2, 0) is 16.6 Å². The normalized spacial score (nSPS) is 25.8. The molecular weight excluding hydrogens is 571 g/mol. The van der Waals surface area contributed by atoms with Crippen LogP contribution in [0.2, 0.25) is 0 Å². The molecule has 1 aromatic heterocycles. The van der Waals surface area contributed by atoms with E-state index in [9.17, 15) is 27.9 Å². The van der Waals surface area contributed by atoms with Gasteiger partial charge in [-0.1, -0.05) is 30.3 Å². The molecule has 0 radical (unpaired) electrons. The van der Waals surface area contributed by atoms with Crippen LogP contribution in [-0.4, -0.2) is 75.5 Å². The first-order chi connectivity index (χ1) is 21.0. The summed E-state index contributed by atoms with van der Waals surface area (Å²) in [4.78, 5) is 38.2. The second-order valence-electron chi connectivity index (χ2n) is 12.5. The van der Waals surface area contributed by atoms with Crippen molar-refractivity contribution in [3.8, 4) is 11.4 Å². The zero-order valence-electron chi connectivity index (χ0n) is 24.4. The summed E-state index contributed by atoms with van der Waals surface area (Å²) in [6.07, 6.45) is 3.87. The quantitative estimate of drug-likeness (QED) is 0.424. The maximum absolute atomic E-state index is 13.0. The molecule has 2 N–H and O–H groups in total. The first kappa shape index (κ1) is 30.2. The van der Waals surface area contributed by atoms with Crippen LogP contribution < -0.4 is 5.32 Å². The number of benzene rings is 2. The molecule has 6 rings (SSSR count). The van der Waals surface area contributed by atoms with Crippen molar-refractivity contribution in [1.82, 2.24) is 25.1 Å². The van der Waals surface area contributed by atoms with Crippen molar-refractivity contribution in [1.29, 1.82) is 0 Å². The molecule has 3 aromatic rings. The molecule has 44 heavy (non-hydrogen) atoms.